The maximum absolute atomic E-state index is 12.3. The number of hydrogen-bond acceptors (Lipinski definition) is 5. The van der Waals surface area contributed by atoms with E-state index in [9.17, 15) is 14.9 Å². The van der Waals surface area contributed by atoms with Crippen LogP contribution in [0.5, 0.6) is 11.5 Å². The molecule has 2 rings (SSSR count). The molecule has 0 heterocycles. The van der Waals surface area contributed by atoms with Crippen LogP contribution < -0.4 is 14.8 Å². The molecule has 6 heteroatoms. The van der Waals surface area contributed by atoms with Crippen molar-refractivity contribution in [3.05, 3.63) is 59.7 Å². The molecule has 2 aromatic rings. The van der Waals surface area contributed by atoms with Gasteiger partial charge in [0.2, 0.25) is 0 Å². The molecular formula is C20H18N2O4. The van der Waals surface area contributed by atoms with Crippen LogP contribution in [0.1, 0.15) is 19.4 Å². The Morgan fingerprint density at radius 2 is 1.88 bits per heavy atom. The van der Waals surface area contributed by atoms with Crippen LogP contribution in [0.25, 0.3) is 6.08 Å². The normalized spacial score (nSPS) is 10.6. The van der Waals surface area contributed by atoms with Crippen molar-refractivity contribution >= 4 is 23.6 Å². The Balaban J connectivity index is 2.13. The van der Waals surface area contributed by atoms with Crippen molar-refractivity contribution in [1.82, 2.24) is 0 Å². The molecule has 132 valence electrons. The second-order valence-electron chi connectivity index (χ2n) is 5.25. The van der Waals surface area contributed by atoms with E-state index in [1.165, 1.54) is 13.0 Å². The molecule has 0 aliphatic rings. The van der Waals surface area contributed by atoms with Crippen LogP contribution >= 0.6 is 0 Å². The number of benzene rings is 2. The number of esters is 1. The first-order chi connectivity index (χ1) is 12.5. The number of carbonyl (C=O) groups excluding carboxylic acids is 2. The topological polar surface area (TPSA) is 88.4 Å². The summed E-state index contributed by atoms with van der Waals surface area (Å²) in [6.07, 6.45) is 1.46. The molecule has 6 nitrogen and oxygen atoms in total. The summed E-state index contributed by atoms with van der Waals surface area (Å²) in [4.78, 5) is 23.2. The summed E-state index contributed by atoms with van der Waals surface area (Å²) in [5.41, 5.74) is 1.12. The number of hydrogen-bond donors (Lipinski definition) is 1. The molecular weight excluding hydrogens is 332 g/mol. The van der Waals surface area contributed by atoms with Gasteiger partial charge in [-0.2, -0.15) is 5.26 Å². The minimum absolute atomic E-state index is 0.0490. The summed E-state index contributed by atoms with van der Waals surface area (Å²) in [6.45, 7) is 3.70. The predicted octanol–water partition coefficient (Wildman–Crippen LogP) is 3.56. The maximum Gasteiger partial charge on any atom is 0.308 e. The van der Waals surface area contributed by atoms with Gasteiger partial charge in [-0.3, -0.25) is 9.59 Å². The quantitative estimate of drug-likeness (QED) is 0.372. The minimum atomic E-state index is -0.523. The first kappa shape index (κ1) is 18.7. The first-order valence-electron chi connectivity index (χ1n) is 7.96. The standard InChI is InChI=1S/C20H18N2O4/c1-3-25-19-6-4-5-17(12-19)22-20(24)16(13-21)11-15-7-9-18(10-8-15)26-14(2)23/h4-12H,3H2,1-2H3,(H,22,24)/b16-11+. The summed E-state index contributed by atoms with van der Waals surface area (Å²) >= 11 is 0. The van der Waals surface area contributed by atoms with Gasteiger partial charge in [-0.05, 0) is 42.8 Å². The number of nitriles is 1. The van der Waals surface area contributed by atoms with E-state index in [4.69, 9.17) is 9.47 Å². The van der Waals surface area contributed by atoms with Crippen molar-refractivity contribution < 1.29 is 19.1 Å². The third-order valence-corrected chi connectivity index (χ3v) is 3.22. The van der Waals surface area contributed by atoms with Crippen molar-refractivity contribution in [2.24, 2.45) is 0 Å². The lowest BCUT2D eigenvalue weighted by Crippen LogP contribution is -2.13. The summed E-state index contributed by atoms with van der Waals surface area (Å²) in [6, 6.07) is 15.3. The minimum Gasteiger partial charge on any atom is -0.494 e. The Labute approximate surface area is 151 Å². The number of amides is 1. The zero-order chi connectivity index (χ0) is 18.9. The number of carbonyl (C=O) groups is 2. The molecule has 0 bridgehead atoms. The van der Waals surface area contributed by atoms with Crippen LogP contribution in [-0.4, -0.2) is 18.5 Å². The van der Waals surface area contributed by atoms with E-state index < -0.39 is 11.9 Å². The van der Waals surface area contributed by atoms with Crippen LogP contribution in [0.2, 0.25) is 0 Å². The zero-order valence-corrected chi connectivity index (χ0v) is 14.5. The Morgan fingerprint density at radius 1 is 1.15 bits per heavy atom. The third kappa shape index (κ3) is 5.49. The number of anilines is 1. The SMILES string of the molecule is CCOc1cccc(NC(=O)/C(C#N)=C/c2ccc(OC(C)=O)cc2)c1. The van der Waals surface area contributed by atoms with Crippen molar-refractivity contribution in [3.63, 3.8) is 0 Å². The monoisotopic (exact) mass is 350 g/mol. The van der Waals surface area contributed by atoms with E-state index in [1.54, 1.807) is 48.5 Å². The lowest BCUT2D eigenvalue weighted by Gasteiger charge is -2.07. The maximum atomic E-state index is 12.3. The second-order valence-corrected chi connectivity index (χ2v) is 5.25. The fourth-order valence-corrected chi connectivity index (χ4v) is 2.14. The summed E-state index contributed by atoms with van der Waals surface area (Å²) in [5.74, 6) is 0.0871. The van der Waals surface area contributed by atoms with Crippen LogP contribution in [0.15, 0.2) is 54.1 Å². The van der Waals surface area contributed by atoms with Gasteiger partial charge in [0, 0.05) is 18.7 Å². The zero-order valence-electron chi connectivity index (χ0n) is 14.5. The van der Waals surface area contributed by atoms with Gasteiger partial charge in [0.15, 0.2) is 0 Å². The summed E-state index contributed by atoms with van der Waals surface area (Å²) < 4.78 is 10.3. The van der Waals surface area contributed by atoms with Crippen molar-refractivity contribution in [3.8, 4) is 17.6 Å². The molecule has 1 N–H and O–H groups in total. The lowest BCUT2D eigenvalue weighted by molar-refractivity contribution is -0.131. The molecule has 0 spiro atoms. The summed E-state index contributed by atoms with van der Waals surface area (Å²) in [7, 11) is 0. The van der Waals surface area contributed by atoms with Gasteiger partial charge < -0.3 is 14.8 Å². The number of ether oxygens (including phenoxy) is 2. The number of nitrogens with zero attached hydrogens (tertiary/aromatic N) is 1. The summed E-state index contributed by atoms with van der Waals surface area (Å²) in [5, 5.41) is 11.9. The van der Waals surface area contributed by atoms with Gasteiger partial charge in [0.25, 0.3) is 5.91 Å². The van der Waals surface area contributed by atoms with Gasteiger partial charge in [0.05, 0.1) is 6.61 Å². The molecule has 0 unspecified atom stereocenters. The van der Waals surface area contributed by atoms with Gasteiger partial charge >= 0.3 is 5.97 Å². The predicted molar refractivity (Wildman–Crippen MR) is 97.6 cm³/mol. The molecule has 0 radical (unpaired) electrons. The molecule has 0 aliphatic carbocycles. The van der Waals surface area contributed by atoms with Gasteiger partial charge in [0.1, 0.15) is 23.1 Å². The lowest BCUT2D eigenvalue weighted by atomic mass is 10.1. The largest absolute Gasteiger partial charge is 0.494 e. The van der Waals surface area contributed by atoms with Crippen molar-refractivity contribution in [2.75, 3.05) is 11.9 Å². The Morgan fingerprint density at radius 3 is 2.50 bits per heavy atom. The van der Waals surface area contributed by atoms with Crippen LogP contribution in [0.4, 0.5) is 5.69 Å². The molecule has 26 heavy (non-hydrogen) atoms. The molecule has 0 saturated carbocycles. The highest BCUT2D eigenvalue weighted by molar-refractivity contribution is 6.09. The highest BCUT2D eigenvalue weighted by Gasteiger charge is 2.10. The number of rotatable bonds is 6. The van der Waals surface area contributed by atoms with E-state index in [1.807, 2.05) is 13.0 Å². The average Bonchev–Trinajstić information content (AvgIpc) is 2.61. The molecule has 0 aromatic heterocycles. The van der Waals surface area contributed by atoms with E-state index >= 15 is 0 Å². The molecule has 0 aliphatic heterocycles. The third-order valence-electron chi connectivity index (χ3n) is 3.22. The van der Waals surface area contributed by atoms with Gasteiger partial charge in [-0.1, -0.05) is 18.2 Å². The molecule has 1 amide bonds. The Kier molecular flexibility index (Phi) is 6.52. The Bertz CT molecular complexity index is 864. The van der Waals surface area contributed by atoms with Gasteiger partial charge in [-0.25, -0.2) is 0 Å². The van der Waals surface area contributed by atoms with Crippen LogP contribution in [0.3, 0.4) is 0 Å². The van der Waals surface area contributed by atoms with Crippen molar-refractivity contribution in [1.29, 1.82) is 5.26 Å². The van der Waals surface area contributed by atoms with Crippen LogP contribution in [-0.2, 0) is 9.59 Å². The van der Waals surface area contributed by atoms with Crippen molar-refractivity contribution in [2.45, 2.75) is 13.8 Å². The molecule has 0 atom stereocenters. The smallest absolute Gasteiger partial charge is 0.308 e. The van der Waals surface area contributed by atoms with Crippen LogP contribution in [0, 0.1) is 11.3 Å². The van der Waals surface area contributed by atoms with Gasteiger partial charge in [-0.15, -0.1) is 0 Å². The highest BCUT2D eigenvalue weighted by atomic mass is 16.5. The average molecular weight is 350 g/mol. The van der Waals surface area contributed by atoms with E-state index in [2.05, 4.69) is 5.32 Å². The Hall–Kier alpha value is -3.59. The van der Waals surface area contributed by atoms with E-state index in [-0.39, 0.29) is 5.57 Å². The molecule has 2 aromatic carbocycles. The highest BCUT2D eigenvalue weighted by Crippen LogP contribution is 2.19. The fraction of sp³-hybridized carbons (Fsp3) is 0.150. The molecule has 0 fully saturated rings. The second kappa shape index (κ2) is 9.04. The number of nitrogens with one attached hydrogen (secondary N) is 1. The molecule has 0 saturated heterocycles. The first-order valence-corrected chi connectivity index (χ1v) is 7.96. The van der Waals surface area contributed by atoms with E-state index in [0.717, 1.165) is 0 Å². The fourth-order valence-electron chi connectivity index (χ4n) is 2.14. The van der Waals surface area contributed by atoms with E-state index in [0.29, 0.717) is 29.4 Å².